The first-order valence-electron chi connectivity index (χ1n) is 10.3. The molecule has 2 aromatic heterocycles. The summed E-state index contributed by atoms with van der Waals surface area (Å²) in [5, 5.41) is 4.28. The zero-order valence-corrected chi connectivity index (χ0v) is 17.3. The van der Waals surface area contributed by atoms with Gasteiger partial charge < -0.3 is 9.80 Å². The van der Waals surface area contributed by atoms with Gasteiger partial charge in [0.05, 0.1) is 5.69 Å². The first-order valence-corrected chi connectivity index (χ1v) is 10.3. The molecule has 2 amide bonds. The highest BCUT2D eigenvalue weighted by Crippen LogP contribution is 2.27. The number of amides is 2. The van der Waals surface area contributed by atoms with Crippen LogP contribution in [0.1, 0.15) is 61.4 Å². The zero-order chi connectivity index (χ0) is 20.5. The molecular weight excluding hydrogens is 368 g/mol. The van der Waals surface area contributed by atoms with Gasteiger partial charge in [-0.15, -0.1) is 0 Å². The van der Waals surface area contributed by atoms with Crippen LogP contribution >= 0.6 is 0 Å². The number of fused-ring (bicyclic) bond motifs is 1. The molecule has 4 rings (SSSR count). The average molecular weight is 396 g/mol. The van der Waals surface area contributed by atoms with Crippen molar-refractivity contribution in [2.24, 2.45) is 0 Å². The molecule has 4 heterocycles. The van der Waals surface area contributed by atoms with Crippen LogP contribution in [0.15, 0.2) is 18.5 Å². The van der Waals surface area contributed by atoms with Gasteiger partial charge in [-0.2, -0.15) is 5.10 Å². The Labute approximate surface area is 170 Å². The second kappa shape index (κ2) is 7.93. The van der Waals surface area contributed by atoms with E-state index in [0.717, 1.165) is 55.1 Å². The summed E-state index contributed by atoms with van der Waals surface area (Å²) >= 11 is 0. The highest BCUT2D eigenvalue weighted by molar-refractivity contribution is 5.80. The van der Waals surface area contributed by atoms with Crippen molar-refractivity contribution in [3.63, 3.8) is 0 Å². The number of likely N-dealkylation sites (tertiary alicyclic amines) is 1. The molecule has 8 heteroatoms. The van der Waals surface area contributed by atoms with Gasteiger partial charge >= 0.3 is 0 Å². The van der Waals surface area contributed by atoms with E-state index in [1.54, 1.807) is 17.8 Å². The van der Waals surface area contributed by atoms with Crippen molar-refractivity contribution >= 4 is 11.8 Å². The van der Waals surface area contributed by atoms with E-state index in [9.17, 15) is 9.59 Å². The maximum absolute atomic E-state index is 13.0. The number of nitrogens with zero attached hydrogens (tertiary/aromatic N) is 6. The van der Waals surface area contributed by atoms with Gasteiger partial charge in [-0.05, 0) is 32.8 Å². The molecule has 29 heavy (non-hydrogen) atoms. The summed E-state index contributed by atoms with van der Waals surface area (Å²) in [4.78, 5) is 37.7. The quantitative estimate of drug-likeness (QED) is 0.791. The van der Waals surface area contributed by atoms with Crippen molar-refractivity contribution in [1.82, 2.24) is 29.5 Å². The SMILES string of the molecule is CC(=O)N1CCC(c2ncc3c(n2)CCN(C(=O)[C@H](C)n2nccc2C)C3)CC1. The Morgan fingerprint density at radius 1 is 1.17 bits per heavy atom. The fourth-order valence-corrected chi connectivity index (χ4v) is 4.32. The minimum Gasteiger partial charge on any atom is -0.343 e. The predicted molar refractivity (Wildman–Crippen MR) is 107 cm³/mol. The third-order valence-corrected chi connectivity index (χ3v) is 6.16. The second-order valence-corrected chi connectivity index (χ2v) is 8.08. The number of rotatable bonds is 3. The van der Waals surface area contributed by atoms with E-state index in [4.69, 9.17) is 4.98 Å². The smallest absolute Gasteiger partial charge is 0.247 e. The second-order valence-electron chi connectivity index (χ2n) is 8.08. The van der Waals surface area contributed by atoms with Crippen LogP contribution in [0.25, 0.3) is 0 Å². The third-order valence-electron chi connectivity index (χ3n) is 6.16. The highest BCUT2D eigenvalue weighted by atomic mass is 16.2. The number of carbonyl (C=O) groups excluding carboxylic acids is 2. The normalized spacial score (nSPS) is 18.4. The Bertz CT molecular complexity index is 916. The van der Waals surface area contributed by atoms with Crippen LogP contribution in [0.3, 0.4) is 0 Å². The van der Waals surface area contributed by atoms with Crippen LogP contribution in [0.2, 0.25) is 0 Å². The van der Waals surface area contributed by atoms with Crippen LogP contribution in [0.4, 0.5) is 0 Å². The number of hydrogen-bond acceptors (Lipinski definition) is 5. The van der Waals surface area contributed by atoms with Gasteiger partial charge in [0.2, 0.25) is 11.8 Å². The van der Waals surface area contributed by atoms with Gasteiger partial charge in [0, 0.05) is 69.1 Å². The Balaban J connectivity index is 1.43. The fourth-order valence-electron chi connectivity index (χ4n) is 4.32. The molecule has 0 bridgehead atoms. The third kappa shape index (κ3) is 3.88. The molecule has 1 atom stereocenters. The van der Waals surface area contributed by atoms with E-state index in [1.807, 2.05) is 35.9 Å². The van der Waals surface area contributed by atoms with E-state index < -0.39 is 0 Å². The molecule has 0 N–H and O–H groups in total. The summed E-state index contributed by atoms with van der Waals surface area (Å²) in [6.45, 7) is 8.22. The van der Waals surface area contributed by atoms with Crippen molar-refractivity contribution in [3.8, 4) is 0 Å². The van der Waals surface area contributed by atoms with E-state index in [2.05, 4.69) is 10.1 Å². The van der Waals surface area contributed by atoms with Crippen molar-refractivity contribution in [2.75, 3.05) is 19.6 Å². The molecule has 1 saturated heterocycles. The lowest BCUT2D eigenvalue weighted by Gasteiger charge is -2.32. The minimum atomic E-state index is -0.321. The van der Waals surface area contributed by atoms with Crippen LogP contribution in [-0.4, -0.2) is 61.0 Å². The van der Waals surface area contributed by atoms with Gasteiger partial charge in [-0.25, -0.2) is 9.97 Å². The summed E-state index contributed by atoms with van der Waals surface area (Å²) in [6.07, 6.45) is 6.17. The van der Waals surface area contributed by atoms with Gasteiger partial charge in [0.25, 0.3) is 0 Å². The van der Waals surface area contributed by atoms with Gasteiger partial charge in [-0.3, -0.25) is 14.3 Å². The first-order chi connectivity index (χ1) is 13.9. The maximum Gasteiger partial charge on any atom is 0.247 e. The minimum absolute atomic E-state index is 0.0723. The molecular formula is C21H28N6O2. The van der Waals surface area contributed by atoms with E-state index in [-0.39, 0.29) is 17.9 Å². The van der Waals surface area contributed by atoms with Crippen molar-refractivity contribution in [3.05, 3.63) is 41.2 Å². The molecule has 0 aliphatic carbocycles. The number of hydrogen-bond donors (Lipinski definition) is 0. The number of carbonyl (C=O) groups is 2. The standard InChI is InChI=1S/C21H28N6O2/c1-14-4-8-23-27(14)15(2)21(29)26-11-7-19-18(13-26)12-22-20(24-19)17-5-9-25(10-6-17)16(3)28/h4,8,12,15,17H,5-7,9-11,13H2,1-3H3/t15-/m0/s1. The van der Waals surface area contributed by atoms with E-state index in [1.165, 1.54) is 0 Å². The number of piperidine rings is 1. The zero-order valence-electron chi connectivity index (χ0n) is 17.3. The highest BCUT2D eigenvalue weighted by Gasteiger charge is 2.29. The molecule has 1 fully saturated rings. The Morgan fingerprint density at radius 2 is 1.93 bits per heavy atom. The molecule has 0 spiro atoms. The topological polar surface area (TPSA) is 84.2 Å². The number of aromatic nitrogens is 4. The molecule has 2 aliphatic heterocycles. The van der Waals surface area contributed by atoms with Gasteiger partial charge in [-0.1, -0.05) is 0 Å². The van der Waals surface area contributed by atoms with Crippen LogP contribution in [0, 0.1) is 6.92 Å². The number of aryl methyl sites for hydroxylation is 1. The largest absolute Gasteiger partial charge is 0.343 e. The lowest BCUT2D eigenvalue weighted by molar-refractivity contribution is -0.135. The Hall–Kier alpha value is -2.77. The first kappa shape index (κ1) is 19.5. The molecule has 154 valence electrons. The molecule has 2 aromatic rings. The monoisotopic (exact) mass is 396 g/mol. The average Bonchev–Trinajstić information content (AvgIpc) is 3.17. The molecule has 8 nitrogen and oxygen atoms in total. The summed E-state index contributed by atoms with van der Waals surface area (Å²) in [5.74, 6) is 1.40. The van der Waals surface area contributed by atoms with E-state index in [0.29, 0.717) is 19.0 Å². The predicted octanol–water partition coefficient (Wildman–Crippen LogP) is 1.85. The molecule has 2 aliphatic rings. The lowest BCUT2D eigenvalue weighted by atomic mass is 9.95. The molecule has 0 radical (unpaired) electrons. The maximum atomic E-state index is 13.0. The van der Waals surface area contributed by atoms with E-state index >= 15 is 0 Å². The van der Waals surface area contributed by atoms with Gasteiger partial charge in [0.15, 0.2) is 0 Å². The Morgan fingerprint density at radius 3 is 2.59 bits per heavy atom. The summed E-state index contributed by atoms with van der Waals surface area (Å²) in [5.41, 5.74) is 3.06. The van der Waals surface area contributed by atoms with Crippen LogP contribution in [0.5, 0.6) is 0 Å². The Kier molecular flexibility index (Phi) is 5.34. The van der Waals surface area contributed by atoms with Crippen LogP contribution < -0.4 is 0 Å². The summed E-state index contributed by atoms with van der Waals surface area (Å²) < 4.78 is 1.77. The van der Waals surface area contributed by atoms with Crippen molar-refractivity contribution in [1.29, 1.82) is 0 Å². The van der Waals surface area contributed by atoms with Crippen molar-refractivity contribution < 1.29 is 9.59 Å². The summed E-state index contributed by atoms with van der Waals surface area (Å²) in [6, 6.07) is 1.59. The molecule has 0 unspecified atom stereocenters. The van der Waals surface area contributed by atoms with Gasteiger partial charge in [0.1, 0.15) is 11.9 Å². The lowest BCUT2D eigenvalue weighted by Crippen LogP contribution is -2.41. The van der Waals surface area contributed by atoms with Crippen LogP contribution in [-0.2, 0) is 22.6 Å². The fraction of sp³-hybridized carbons (Fsp3) is 0.571. The molecule has 0 aromatic carbocycles. The van der Waals surface area contributed by atoms with Crippen molar-refractivity contribution in [2.45, 2.75) is 58.5 Å². The summed E-state index contributed by atoms with van der Waals surface area (Å²) in [7, 11) is 0. The molecule has 0 saturated carbocycles.